The van der Waals surface area contributed by atoms with Gasteiger partial charge in [0.1, 0.15) is 16.6 Å². The number of ether oxygens (including phenoxy) is 1. The maximum atomic E-state index is 13.9. The molecule has 0 fully saturated rings. The molecule has 2 aromatic heterocycles. The molecule has 0 saturated heterocycles. The summed E-state index contributed by atoms with van der Waals surface area (Å²) in [6.45, 7) is 2.51. The van der Waals surface area contributed by atoms with Crippen LogP contribution < -0.4 is 10.1 Å². The second-order valence-electron chi connectivity index (χ2n) is 7.30. The zero-order valence-electron chi connectivity index (χ0n) is 18.1. The normalized spacial score (nSPS) is 11.1. The van der Waals surface area contributed by atoms with Crippen LogP contribution in [0.15, 0.2) is 71.8 Å². The van der Waals surface area contributed by atoms with E-state index < -0.39 is 0 Å². The molecule has 5 rings (SSSR count). The Hall–Kier alpha value is -3.56. The third-order valence-electron chi connectivity index (χ3n) is 4.91. The number of halogens is 1. The molecular formula is C25H19FN4O2S2. The number of aromatic nitrogens is 3. The van der Waals surface area contributed by atoms with E-state index >= 15 is 0 Å². The molecule has 0 aliphatic carbocycles. The smallest absolute Gasteiger partial charge is 0.236 e. The quantitative estimate of drug-likeness (QED) is 0.217. The van der Waals surface area contributed by atoms with Crippen molar-refractivity contribution in [3.05, 3.63) is 72.5 Å². The number of carbonyl (C=O) groups is 1. The number of rotatable bonds is 7. The van der Waals surface area contributed by atoms with Crippen molar-refractivity contribution in [3.63, 3.8) is 0 Å². The molecule has 1 amide bonds. The van der Waals surface area contributed by atoms with Crippen LogP contribution in [0.5, 0.6) is 5.75 Å². The van der Waals surface area contributed by atoms with Gasteiger partial charge in [0.2, 0.25) is 5.91 Å². The fourth-order valence-electron chi connectivity index (χ4n) is 3.40. The average molecular weight is 491 g/mol. The Morgan fingerprint density at radius 2 is 1.85 bits per heavy atom. The zero-order valence-corrected chi connectivity index (χ0v) is 19.8. The molecule has 0 spiro atoms. The predicted octanol–water partition coefficient (Wildman–Crippen LogP) is 6.18. The van der Waals surface area contributed by atoms with Gasteiger partial charge < -0.3 is 10.1 Å². The summed E-state index contributed by atoms with van der Waals surface area (Å²) in [7, 11) is 0. The topological polar surface area (TPSA) is 77.0 Å². The lowest BCUT2D eigenvalue weighted by atomic mass is 10.2. The highest BCUT2D eigenvalue weighted by molar-refractivity contribution is 8.00. The minimum Gasteiger partial charge on any atom is -0.494 e. The molecule has 34 heavy (non-hydrogen) atoms. The van der Waals surface area contributed by atoms with Gasteiger partial charge in [-0.1, -0.05) is 53.4 Å². The number of nitrogens with zero attached hydrogens (tertiary/aromatic N) is 3. The Labute approximate surface area is 203 Å². The molecule has 6 nitrogen and oxygen atoms in total. The van der Waals surface area contributed by atoms with E-state index in [0.29, 0.717) is 33.5 Å². The summed E-state index contributed by atoms with van der Waals surface area (Å²) in [5, 5.41) is 4.48. The summed E-state index contributed by atoms with van der Waals surface area (Å²) >= 11 is 2.62. The minimum atomic E-state index is -0.379. The number of carbonyl (C=O) groups excluding carboxylic acids is 1. The Morgan fingerprint density at radius 3 is 2.68 bits per heavy atom. The van der Waals surface area contributed by atoms with E-state index in [1.807, 2.05) is 55.5 Å². The molecule has 3 aromatic carbocycles. The molecule has 0 radical (unpaired) electrons. The molecule has 0 unspecified atom stereocenters. The first kappa shape index (κ1) is 22.2. The van der Waals surface area contributed by atoms with E-state index in [1.54, 1.807) is 6.07 Å². The number of hydrogen-bond acceptors (Lipinski definition) is 7. The molecule has 0 aliphatic heterocycles. The van der Waals surface area contributed by atoms with Crippen LogP contribution >= 0.6 is 23.1 Å². The highest BCUT2D eigenvalue weighted by Gasteiger charge is 2.14. The van der Waals surface area contributed by atoms with E-state index in [4.69, 9.17) is 4.74 Å². The number of hydrogen-bond donors (Lipinski definition) is 1. The van der Waals surface area contributed by atoms with Gasteiger partial charge in [-0.05, 0) is 43.3 Å². The number of thioether (sulfide) groups is 1. The fourth-order valence-corrected chi connectivity index (χ4v) is 5.12. The third-order valence-corrected chi connectivity index (χ3v) is 6.84. The second kappa shape index (κ2) is 9.74. The number of benzene rings is 3. The summed E-state index contributed by atoms with van der Waals surface area (Å²) in [5.41, 5.74) is 2.26. The van der Waals surface area contributed by atoms with Crippen molar-refractivity contribution < 1.29 is 13.9 Å². The lowest BCUT2D eigenvalue weighted by molar-refractivity contribution is -0.113. The van der Waals surface area contributed by atoms with Crippen molar-refractivity contribution in [2.24, 2.45) is 0 Å². The lowest BCUT2D eigenvalue weighted by Gasteiger charge is -2.09. The molecule has 170 valence electrons. The van der Waals surface area contributed by atoms with Crippen LogP contribution in [0.25, 0.3) is 32.5 Å². The first-order chi connectivity index (χ1) is 16.6. The van der Waals surface area contributed by atoms with E-state index in [1.165, 1.54) is 35.2 Å². The van der Waals surface area contributed by atoms with Crippen LogP contribution in [0, 0.1) is 5.82 Å². The van der Waals surface area contributed by atoms with Gasteiger partial charge in [-0.15, -0.1) is 0 Å². The maximum absolute atomic E-state index is 13.9. The highest BCUT2D eigenvalue weighted by Crippen LogP contribution is 2.31. The molecule has 0 aliphatic rings. The summed E-state index contributed by atoms with van der Waals surface area (Å²) < 4.78 is 20.4. The Morgan fingerprint density at radius 1 is 1.03 bits per heavy atom. The van der Waals surface area contributed by atoms with Crippen molar-refractivity contribution in [1.82, 2.24) is 15.0 Å². The van der Waals surface area contributed by atoms with Gasteiger partial charge in [-0.3, -0.25) is 4.79 Å². The van der Waals surface area contributed by atoms with Crippen molar-refractivity contribution in [2.45, 2.75) is 11.9 Å². The second-order valence-corrected chi connectivity index (χ2v) is 9.29. The van der Waals surface area contributed by atoms with Crippen LogP contribution in [0.4, 0.5) is 9.52 Å². The van der Waals surface area contributed by atoms with E-state index in [-0.39, 0.29) is 17.5 Å². The summed E-state index contributed by atoms with van der Waals surface area (Å²) in [5.74, 6) is 0.786. The van der Waals surface area contributed by atoms with Crippen LogP contribution in [-0.4, -0.2) is 33.2 Å². The van der Waals surface area contributed by atoms with Gasteiger partial charge in [0.05, 0.1) is 28.1 Å². The molecule has 1 N–H and O–H groups in total. The van der Waals surface area contributed by atoms with Gasteiger partial charge in [0.25, 0.3) is 0 Å². The van der Waals surface area contributed by atoms with Gasteiger partial charge in [0, 0.05) is 10.9 Å². The molecule has 0 bridgehead atoms. The number of nitrogens with one attached hydrogen (secondary N) is 1. The SMILES string of the molecule is CCOc1ccc2nc(NC(=O)CSc3nc(-c4ccccc4)nc4ccc(F)cc34)sc2c1. The van der Waals surface area contributed by atoms with Crippen molar-refractivity contribution in [1.29, 1.82) is 0 Å². The minimum absolute atomic E-state index is 0.0942. The number of fused-ring (bicyclic) bond motifs is 2. The van der Waals surface area contributed by atoms with Crippen LogP contribution in [0.1, 0.15) is 6.92 Å². The van der Waals surface area contributed by atoms with Crippen LogP contribution in [0.3, 0.4) is 0 Å². The molecule has 9 heteroatoms. The first-order valence-electron chi connectivity index (χ1n) is 10.6. The van der Waals surface area contributed by atoms with Gasteiger partial charge in [0.15, 0.2) is 11.0 Å². The molecule has 0 saturated carbocycles. The molecule has 0 atom stereocenters. The molecule has 5 aromatic rings. The number of thiazole rings is 1. The Kier molecular flexibility index (Phi) is 6.37. The monoisotopic (exact) mass is 490 g/mol. The maximum Gasteiger partial charge on any atom is 0.236 e. The predicted molar refractivity (Wildman–Crippen MR) is 135 cm³/mol. The summed E-state index contributed by atoms with van der Waals surface area (Å²) in [6, 6.07) is 19.6. The fraction of sp³-hybridized carbons (Fsp3) is 0.120. The molecule has 2 heterocycles. The van der Waals surface area contributed by atoms with E-state index in [2.05, 4.69) is 20.3 Å². The van der Waals surface area contributed by atoms with Gasteiger partial charge in [-0.2, -0.15) is 0 Å². The standard InChI is InChI=1S/C25H19FN4O2S2/c1-2-32-17-9-11-20-21(13-17)34-25(28-20)29-22(31)14-33-24-18-12-16(26)8-10-19(18)27-23(30-24)15-6-4-3-5-7-15/h3-13H,2,14H2,1H3,(H,28,29,31). The highest BCUT2D eigenvalue weighted by atomic mass is 32.2. The number of amides is 1. The Balaban J connectivity index is 1.36. The largest absolute Gasteiger partial charge is 0.494 e. The van der Waals surface area contributed by atoms with E-state index in [0.717, 1.165) is 21.5 Å². The van der Waals surface area contributed by atoms with Crippen LogP contribution in [0.2, 0.25) is 0 Å². The van der Waals surface area contributed by atoms with Crippen molar-refractivity contribution in [3.8, 4) is 17.1 Å². The van der Waals surface area contributed by atoms with Gasteiger partial charge >= 0.3 is 0 Å². The zero-order chi connectivity index (χ0) is 23.5. The van der Waals surface area contributed by atoms with Gasteiger partial charge in [-0.25, -0.2) is 19.3 Å². The van der Waals surface area contributed by atoms with E-state index in [9.17, 15) is 9.18 Å². The van der Waals surface area contributed by atoms with Crippen molar-refractivity contribution >= 4 is 55.3 Å². The summed E-state index contributed by atoms with van der Waals surface area (Å²) in [6.07, 6.45) is 0. The molecular weight excluding hydrogens is 471 g/mol. The van der Waals surface area contributed by atoms with Crippen molar-refractivity contribution in [2.75, 3.05) is 17.7 Å². The third kappa shape index (κ3) is 4.85. The lowest BCUT2D eigenvalue weighted by Crippen LogP contribution is -2.14. The number of anilines is 1. The Bertz CT molecular complexity index is 1490. The average Bonchev–Trinajstić information content (AvgIpc) is 3.24. The summed E-state index contributed by atoms with van der Waals surface area (Å²) in [4.78, 5) is 26.4. The van der Waals surface area contributed by atoms with Crippen LogP contribution in [-0.2, 0) is 4.79 Å². The first-order valence-corrected chi connectivity index (χ1v) is 12.4.